The van der Waals surface area contributed by atoms with E-state index in [9.17, 15) is 5.11 Å². The SMILES string of the molecule is [O-]C1=c2ccc3ccccc3[n+]2=NC2Nc3ccccc3N12. The molecule has 3 heterocycles. The van der Waals surface area contributed by atoms with Crippen LogP contribution in [0.5, 0.6) is 0 Å². The lowest BCUT2D eigenvalue weighted by molar-refractivity contribution is -0.545. The fraction of sp³-hybridized carbons (Fsp3) is 0.0588. The molecule has 2 aliphatic rings. The van der Waals surface area contributed by atoms with Gasteiger partial charge in [-0.1, -0.05) is 24.3 Å². The van der Waals surface area contributed by atoms with Gasteiger partial charge in [0, 0.05) is 28.5 Å². The second-order valence-corrected chi connectivity index (χ2v) is 5.41. The van der Waals surface area contributed by atoms with Gasteiger partial charge < -0.3 is 15.3 Å². The van der Waals surface area contributed by atoms with Crippen LogP contribution in [0.3, 0.4) is 0 Å². The summed E-state index contributed by atoms with van der Waals surface area (Å²) < 4.78 is 1.75. The zero-order chi connectivity index (χ0) is 14.7. The first-order valence-electron chi connectivity index (χ1n) is 7.17. The third-order valence-electron chi connectivity index (χ3n) is 4.17. The van der Waals surface area contributed by atoms with Crippen LogP contribution in [-0.4, -0.2) is 6.29 Å². The number of aromatic nitrogens is 1. The molecule has 22 heavy (non-hydrogen) atoms. The second-order valence-electron chi connectivity index (χ2n) is 5.41. The quantitative estimate of drug-likeness (QED) is 0.623. The van der Waals surface area contributed by atoms with E-state index in [4.69, 9.17) is 5.11 Å². The number of benzene rings is 2. The molecular weight excluding hydrogens is 276 g/mol. The summed E-state index contributed by atoms with van der Waals surface area (Å²) in [5.41, 5.74) is 2.74. The third-order valence-corrected chi connectivity index (χ3v) is 4.17. The molecule has 0 radical (unpaired) electrons. The van der Waals surface area contributed by atoms with Crippen LogP contribution in [0.2, 0.25) is 0 Å². The highest BCUT2D eigenvalue weighted by Gasteiger charge is 2.34. The molecule has 2 aromatic carbocycles. The van der Waals surface area contributed by atoms with Crippen LogP contribution in [0.1, 0.15) is 0 Å². The largest absolute Gasteiger partial charge is 0.855 e. The molecule has 5 heteroatoms. The Morgan fingerprint density at radius 1 is 1.00 bits per heavy atom. The minimum Gasteiger partial charge on any atom is -0.855 e. The van der Waals surface area contributed by atoms with Gasteiger partial charge in [-0.25, -0.2) is 0 Å². The van der Waals surface area contributed by atoms with Crippen LogP contribution in [-0.2, 0) is 0 Å². The van der Waals surface area contributed by atoms with Crippen molar-refractivity contribution in [1.82, 2.24) is 0 Å². The van der Waals surface area contributed by atoms with Crippen LogP contribution in [0.15, 0.2) is 65.8 Å². The van der Waals surface area contributed by atoms with E-state index in [1.54, 1.807) is 9.26 Å². The summed E-state index contributed by atoms with van der Waals surface area (Å²) in [6, 6.07) is 19.5. The summed E-state index contributed by atoms with van der Waals surface area (Å²) in [6.07, 6.45) is -0.395. The number of pyridine rings is 1. The molecule has 106 valence electrons. The van der Waals surface area contributed by atoms with E-state index in [0.717, 1.165) is 22.3 Å². The number of rotatable bonds is 0. The van der Waals surface area contributed by atoms with Gasteiger partial charge in [0.05, 0.1) is 11.4 Å². The molecule has 2 aliphatic heterocycles. The highest BCUT2D eigenvalue weighted by molar-refractivity contribution is 5.82. The highest BCUT2D eigenvalue weighted by Crippen LogP contribution is 2.36. The molecule has 5 nitrogen and oxygen atoms in total. The van der Waals surface area contributed by atoms with Crippen molar-refractivity contribution in [2.24, 2.45) is 5.11 Å². The molecule has 3 aromatic rings. The second kappa shape index (κ2) is 3.98. The molecule has 0 spiro atoms. The molecule has 0 amide bonds. The van der Waals surface area contributed by atoms with Crippen LogP contribution in [0.4, 0.5) is 11.4 Å². The molecule has 1 atom stereocenters. The first-order chi connectivity index (χ1) is 10.8. The van der Waals surface area contributed by atoms with E-state index in [1.165, 1.54) is 0 Å². The van der Waals surface area contributed by atoms with Crippen molar-refractivity contribution < 1.29 is 9.47 Å². The summed E-state index contributed by atoms with van der Waals surface area (Å²) in [7, 11) is 0. The number of nitrogens with one attached hydrogen (secondary N) is 1. The van der Waals surface area contributed by atoms with Gasteiger partial charge in [-0.3, -0.25) is 0 Å². The van der Waals surface area contributed by atoms with Crippen molar-refractivity contribution >= 4 is 28.2 Å². The van der Waals surface area contributed by atoms with Gasteiger partial charge in [-0.2, -0.15) is 0 Å². The zero-order valence-electron chi connectivity index (χ0n) is 11.6. The lowest BCUT2D eigenvalue weighted by atomic mass is 10.2. The molecule has 5 rings (SSSR count). The predicted octanol–water partition coefficient (Wildman–Crippen LogP) is 0.814. The smallest absolute Gasteiger partial charge is 0.263 e. The molecular formula is C17H12N4O. The maximum Gasteiger partial charge on any atom is 0.263 e. The normalized spacial score (nSPS) is 18.3. The Morgan fingerprint density at radius 2 is 1.82 bits per heavy atom. The summed E-state index contributed by atoms with van der Waals surface area (Å²) in [6.45, 7) is 0. The molecule has 0 saturated heterocycles. The molecule has 0 fully saturated rings. The summed E-state index contributed by atoms with van der Waals surface area (Å²) in [4.78, 5) is 1.71. The first-order valence-corrected chi connectivity index (χ1v) is 7.17. The number of hydrogen-bond acceptors (Lipinski definition) is 4. The van der Waals surface area contributed by atoms with Gasteiger partial charge in [-0.05, 0) is 28.6 Å². The van der Waals surface area contributed by atoms with Crippen molar-refractivity contribution in [1.29, 1.82) is 0 Å². The lowest BCUT2D eigenvalue weighted by Crippen LogP contribution is -2.55. The van der Waals surface area contributed by atoms with Crippen LogP contribution in [0.25, 0.3) is 16.8 Å². The number of anilines is 2. The standard InChI is InChI=1S/C17H12N4O/c22-16-15-10-9-11-5-1-3-7-13(11)21(15)19-17-18-12-6-2-4-8-14(12)20(16)17/h1-10,17-18H. The molecule has 0 aliphatic carbocycles. The predicted molar refractivity (Wildman–Crippen MR) is 81.3 cm³/mol. The van der Waals surface area contributed by atoms with Gasteiger partial charge in [0.2, 0.25) is 10.9 Å². The zero-order valence-corrected chi connectivity index (χ0v) is 11.6. The fourth-order valence-corrected chi connectivity index (χ4v) is 3.15. The minimum absolute atomic E-state index is 0.0387. The first kappa shape index (κ1) is 11.6. The monoisotopic (exact) mass is 288 g/mol. The average molecular weight is 288 g/mol. The number of fused-ring (bicyclic) bond motifs is 6. The highest BCUT2D eigenvalue weighted by atomic mass is 16.3. The Hall–Kier alpha value is -3.08. The lowest BCUT2D eigenvalue weighted by Gasteiger charge is -2.28. The van der Waals surface area contributed by atoms with Crippen molar-refractivity contribution in [3.63, 3.8) is 0 Å². The maximum atomic E-state index is 12.9. The summed E-state index contributed by atoms with van der Waals surface area (Å²) >= 11 is 0. The Morgan fingerprint density at radius 3 is 2.77 bits per heavy atom. The van der Waals surface area contributed by atoms with E-state index < -0.39 is 6.29 Å². The van der Waals surface area contributed by atoms with E-state index in [-0.39, 0.29) is 5.88 Å². The summed E-state index contributed by atoms with van der Waals surface area (Å²) in [5, 5.41) is 22.6. The number of hydrogen-bond donors (Lipinski definition) is 1. The van der Waals surface area contributed by atoms with Gasteiger partial charge >= 0.3 is 0 Å². The van der Waals surface area contributed by atoms with E-state index in [0.29, 0.717) is 5.35 Å². The fourth-order valence-electron chi connectivity index (χ4n) is 3.15. The Labute approximate surface area is 126 Å². The van der Waals surface area contributed by atoms with Gasteiger partial charge in [0.1, 0.15) is 0 Å². The van der Waals surface area contributed by atoms with Crippen molar-refractivity contribution in [2.45, 2.75) is 6.29 Å². The molecule has 0 saturated carbocycles. The van der Waals surface area contributed by atoms with Crippen molar-refractivity contribution in [2.75, 3.05) is 10.2 Å². The topological polar surface area (TPSA) is 56.6 Å². The Balaban J connectivity index is 1.88. The Bertz CT molecular complexity index is 1040. The van der Waals surface area contributed by atoms with E-state index in [2.05, 4.69) is 5.32 Å². The third kappa shape index (κ3) is 1.37. The van der Waals surface area contributed by atoms with Crippen LogP contribution in [0, 0.1) is 0 Å². The van der Waals surface area contributed by atoms with Gasteiger partial charge in [0.25, 0.3) is 6.29 Å². The molecule has 1 aromatic heterocycles. The molecule has 1 unspecified atom stereocenters. The average Bonchev–Trinajstić information content (AvgIpc) is 2.93. The van der Waals surface area contributed by atoms with Crippen LogP contribution >= 0.6 is 0 Å². The molecule has 0 bridgehead atoms. The summed E-state index contributed by atoms with van der Waals surface area (Å²) in [5.74, 6) is -0.0387. The molecule has 1 N–H and O–H groups in total. The van der Waals surface area contributed by atoms with Crippen molar-refractivity contribution in [3.8, 4) is 0 Å². The minimum atomic E-state index is -0.395. The number of nitrogens with zero attached hydrogens (tertiary/aromatic N) is 3. The number of para-hydroxylation sites is 3. The van der Waals surface area contributed by atoms with E-state index in [1.807, 2.05) is 60.7 Å². The maximum absolute atomic E-state index is 12.9. The van der Waals surface area contributed by atoms with E-state index >= 15 is 0 Å². The van der Waals surface area contributed by atoms with Gasteiger partial charge in [-0.15, -0.1) is 0 Å². The Kier molecular flexibility index (Phi) is 2.09. The van der Waals surface area contributed by atoms with Crippen LogP contribution < -0.4 is 25.0 Å². The van der Waals surface area contributed by atoms with Gasteiger partial charge in [0.15, 0.2) is 0 Å². The van der Waals surface area contributed by atoms with Crippen molar-refractivity contribution in [3.05, 3.63) is 66.0 Å².